The molecule has 1 aliphatic rings. The van der Waals surface area contributed by atoms with E-state index in [4.69, 9.17) is 4.74 Å². The van der Waals surface area contributed by atoms with E-state index in [-0.39, 0.29) is 23.4 Å². The molecule has 0 aliphatic carbocycles. The molecule has 1 aromatic rings. The minimum atomic E-state index is -0.455. The fourth-order valence-corrected chi connectivity index (χ4v) is 3.10. The number of amides is 2. The Bertz CT molecular complexity index is 575. The van der Waals surface area contributed by atoms with Crippen molar-refractivity contribution in [2.75, 3.05) is 14.2 Å². The van der Waals surface area contributed by atoms with Gasteiger partial charge < -0.3 is 14.5 Å². The summed E-state index contributed by atoms with van der Waals surface area (Å²) in [6, 6.07) is 6.52. The van der Waals surface area contributed by atoms with E-state index < -0.39 is 6.04 Å². The van der Waals surface area contributed by atoms with E-state index in [0.717, 1.165) is 0 Å². The molecule has 2 rings (SSSR count). The van der Waals surface area contributed by atoms with Crippen molar-refractivity contribution in [3.05, 3.63) is 29.8 Å². The van der Waals surface area contributed by atoms with Crippen molar-refractivity contribution in [3.63, 3.8) is 0 Å². The van der Waals surface area contributed by atoms with Crippen molar-refractivity contribution in [3.8, 4) is 5.75 Å². The van der Waals surface area contributed by atoms with E-state index in [9.17, 15) is 9.59 Å². The molecule has 5 nitrogen and oxygen atoms in total. The zero-order valence-corrected chi connectivity index (χ0v) is 14.1. The first kappa shape index (κ1) is 16.3. The highest BCUT2D eigenvalue weighted by Crippen LogP contribution is 2.34. The molecule has 5 heteroatoms. The number of ether oxygens (including phenoxy) is 1. The third-order valence-corrected chi connectivity index (χ3v) is 4.10. The Labute approximate surface area is 131 Å². The van der Waals surface area contributed by atoms with Crippen molar-refractivity contribution in [2.24, 2.45) is 5.41 Å². The maximum Gasteiger partial charge on any atom is 0.256 e. The van der Waals surface area contributed by atoms with Crippen molar-refractivity contribution in [2.45, 2.75) is 39.9 Å². The van der Waals surface area contributed by atoms with Gasteiger partial charge in [0.1, 0.15) is 18.0 Å². The third kappa shape index (κ3) is 2.67. The molecular weight excluding hydrogens is 280 g/mol. The molecule has 120 valence electrons. The second-order valence-corrected chi connectivity index (χ2v) is 6.81. The third-order valence-electron chi connectivity index (χ3n) is 4.10. The van der Waals surface area contributed by atoms with E-state index in [2.05, 4.69) is 0 Å². The summed E-state index contributed by atoms with van der Waals surface area (Å²) in [7, 11) is 3.35. The number of methoxy groups -OCH3 is 1. The van der Waals surface area contributed by atoms with Gasteiger partial charge >= 0.3 is 0 Å². The van der Waals surface area contributed by atoms with E-state index >= 15 is 0 Å². The predicted molar refractivity (Wildman–Crippen MR) is 84.6 cm³/mol. The Kier molecular flexibility index (Phi) is 4.18. The molecule has 0 N–H and O–H groups in total. The second-order valence-electron chi connectivity index (χ2n) is 6.81. The van der Waals surface area contributed by atoms with E-state index in [1.54, 1.807) is 55.1 Å². The molecule has 0 radical (unpaired) electrons. The lowest BCUT2D eigenvalue weighted by molar-refractivity contribution is -0.129. The highest BCUT2D eigenvalue weighted by molar-refractivity contribution is 5.99. The van der Waals surface area contributed by atoms with E-state index in [1.807, 2.05) is 20.8 Å². The molecule has 0 unspecified atom stereocenters. The smallest absolute Gasteiger partial charge is 0.256 e. The zero-order valence-electron chi connectivity index (χ0n) is 14.1. The molecule has 1 fully saturated rings. The maximum atomic E-state index is 12.9. The highest BCUT2D eigenvalue weighted by Gasteiger charge is 2.49. The normalized spacial score (nSPS) is 22.2. The Balaban J connectivity index is 2.38. The van der Waals surface area contributed by atoms with Crippen LogP contribution in [0.15, 0.2) is 24.3 Å². The summed E-state index contributed by atoms with van der Waals surface area (Å²) in [6.07, 6.45) is -0.260. The standard InChI is InChI=1S/C17H24N2O3/c1-11-14(20)18(5)16(17(2,3)4)19(11)15(21)12-7-9-13(22-6)10-8-12/h7-11,16H,1-6H3/t11-,16-/m0/s1. The molecule has 2 atom stereocenters. The van der Waals surface area contributed by atoms with Crippen LogP contribution in [-0.4, -0.2) is 48.0 Å². The van der Waals surface area contributed by atoms with Crippen molar-refractivity contribution in [1.82, 2.24) is 9.80 Å². The maximum absolute atomic E-state index is 12.9. The summed E-state index contributed by atoms with van der Waals surface area (Å²) >= 11 is 0. The monoisotopic (exact) mass is 304 g/mol. The Morgan fingerprint density at radius 2 is 1.73 bits per heavy atom. The van der Waals surface area contributed by atoms with Crippen LogP contribution in [0.4, 0.5) is 0 Å². The average molecular weight is 304 g/mol. The SMILES string of the molecule is COc1ccc(C(=O)N2[C@@H](C)C(=O)N(C)[C@@H]2C(C)(C)C)cc1. The number of benzene rings is 1. The molecular formula is C17H24N2O3. The first-order chi connectivity index (χ1) is 10.2. The molecule has 1 aromatic carbocycles. The quantitative estimate of drug-likeness (QED) is 0.843. The lowest BCUT2D eigenvalue weighted by Crippen LogP contribution is -2.50. The predicted octanol–water partition coefficient (Wildman–Crippen LogP) is 2.37. The van der Waals surface area contributed by atoms with Gasteiger partial charge in [0.25, 0.3) is 5.91 Å². The number of likely N-dealkylation sites (N-methyl/N-ethyl adjacent to an activating group) is 1. The number of rotatable bonds is 2. The number of carbonyl (C=O) groups excluding carboxylic acids is 2. The summed E-state index contributed by atoms with van der Waals surface area (Å²) < 4.78 is 5.12. The molecule has 0 saturated carbocycles. The van der Waals surface area contributed by atoms with Crippen LogP contribution in [0.1, 0.15) is 38.1 Å². The van der Waals surface area contributed by atoms with Crippen LogP contribution in [-0.2, 0) is 4.79 Å². The molecule has 1 heterocycles. The molecule has 22 heavy (non-hydrogen) atoms. The minimum absolute atomic E-state index is 0.0261. The van der Waals surface area contributed by atoms with Gasteiger partial charge in [0.05, 0.1) is 7.11 Å². The van der Waals surface area contributed by atoms with Gasteiger partial charge in [0, 0.05) is 18.0 Å². The fraction of sp³-hybridized carbons (Fsp3) is 0.529. The van der Waals surface area contributed by atoms with Crippen LogP contribution in [0, 0.1) is 5.41 Å². The average Bonchev–Trinajstić information content (AvgIpc) is 2.70. The topological polar surface area (TPSA) is 49.9 Å². The van der Waals surface area contributed by atoms with Gasteiger partial charge in [-0.15, -0.1) is 0 Å². The first-order valence-corrected chi connectivity index (χ1v) is 7.42. The molecule has 1 aliphatic heterocycles. The van der Waals surface area contributed by atoms with Crippen molar-refractivity contribution >= 4 is 11.8 Å². The van der Waals surface area contributed by atoms with Crippen molar-refractivity contribution < 1.29 is 14.3 Å². The number of carbonyl (C=O) groups is 2. The van der Waals surface area contributed by atoms with Crippen molar-refractivity contribution in [1.29, 1.82) is 0 Å². The van der Waals surface area contributed by atoms with Crippen LogP contribution in [0.3, 0.4) is 0 Å². The van der Waals surface area contributed by atoms with Gasteiger partial charge in [-0.3, -0.25) is 9.59 Å². The Hall–Kier alpha value is -2.04. The van der Waals surface area contributed by atoms with Crippen LogP contribution in [0.25, 0.3) is 0 Å². The molecule has 0 bridgehead atoms. The fourth-order valence-electron chi connectivity index (χ4n) is 3.10. The Morgan fingerprint density at radius 1 is 1.18 bits per heavy atom. The van der Waals surface area contributed by atoms with Gasteiger partial charge in [-0.2, -0.15) is 0 Å². The molecule has 0 aromatic heterocycles. The summed E-state index contributed by atoms with van der Waals surface area (Å²) in [4.78, 5) is 28.6. The molecule has 2 amide bonds. The van der Waals surface area contributed by atoms with Gasteiger partial charge in [0.2, 0.25) is 5.91 Å². The van der Waals surface area contributed by atoms with Gasteiger partial charge in [-0.25, -0.2) is 0 Å². The molecule has 1 saturated heterocycles. The summed E-state index contributed by atoms with van der Waals surface area (Å²) in [6.45, 7) is 7.89. The van der Waals surface area contributed by atoms with Gasteiger partial charge in [-0.05, 0) is 31.2 Å². The van der Waals surface area contributed by atoms with E-state index in [0.29, 0.717) is 11.3 Å². The Morgan fingerprint density at radius 3 is 2.18 bits per heavy atom. The van der Waals surface area contributed by atoms with Crippen LogP contribution < -0.4 is 4.74 Å². The minimum Gasteiger partial charge on any atom is -0.497 e. The summed E-state index contributed by atoms with van der Waals surface area (Å²) in [5.41, 5.74) is 0.335. The number of hydrogen-bond acceptors (Lipinski definition) is 3. The largest absolute Gasteiger partial charge is 0.497 e. The van der Waals surface area contributed by atoms with E-state index in [1.165, 1.54) is 0 Å². The number of hydrogen-bond donors (Lipinski definition) is 0. The molecule has 0 spiro atoms. The zero-order chi connectivity index (χ0) is 16.7. The summed E-state index contributed by atoms with van der Waals surface area (Å²) in [5.74, 6) is 0.543. The van der Waals surface area contributed by atoms with Crippen LogP contribution in [0.2, 0.25) is 0 Å². The second kappa shape index (κ2) is 5.63. The van der Waals surface area contributed by atoms with Crippen LogP contribution in [0.5, 0.6) is 5.75 Å². The van der Waals surface area contributed by atoms with Gasteiger partial charge in [-0.1, -0.05) is 20.8 Å². The van der Waals surface area contributed by atoms with Gasteiger partial charge in [0.15, 0.2) is 0 Å². The number of nitrogens with zero attached hydrogens (tertiary/aromatic N) is 2. The summed E-state index contributed by atoms with van der Waals surface area (Å²) in [5, 5.41) is 0. The van der Waals surface area contributed by atoms with Crippen LogP contribution >= 0.6 is 0 Å². The lowest BCUT2D eigenvalue weighted by atomic mass is 9.90. The first-order valence-electron chi connectivity index (χ1n) is 7.42. The lowest BCUT2D eigenvalue weighted by Gasteiger charge is -2.38. The highest BCUT2D eigenvalue weighted by atomic mass is 16.5.